The van der Waals surface area contributed by atoms with E-state index in [0.29, 0.717) is 5.82 Å². The molecule has 0 radical (unpaired) electrons. The number of halogens is 3. The minimum Gasteiger partial charge on any atom is -0.276 e. The predicted molar refractivity (Wildman–Crippen MR) is 61.4 cm³/mol. The van der Waals surface area contributed by atoms with Crippen LogP contribution in [0.5, 0.6) is 0 Å². The van der Waals surface area contributed by atoms with Crippen molar-refractivity contribution in [2.75, 3.05) is 5.43 Å². The van der Waals surface area contributed by atoms with Crippen LogP contribution in [0.4, 0.5) is 19.0 Å². The fourth-order valence-electron chi connectivity index (χ4n) is 1.68. The third-order valence-corrected chi connectivity index (χ3v) is 2.52. The summed E-state index contributed by atoms with van der Waals surface area (Å²) >= 11 is 0. The Bertz CT molecular complexity index is 699. The van der Waals surface area contributed by atoms with Crippen molar-refractivity contribution in [3.05, 3.63) is 48.7 Å². The van der Waals surface area contributed by atoms with Crippen LogP contribution in [0.3, 0.4) is 0 Å². The number of anilines is 1. The van der Waals surface area contributed by atoms with E-state index in [1.54, 1.807) is 29.2 Å². The molecule has 0 aliphatic heterocycles. The van der Waals surface area contributed by atoms with Gasteiger partial charge in [0.2, 0.25) is 0 Å². The first-order valence-electron chi connectivity index (χ1n) is 5.35. The molecule has 0 fully saturated rings. The molecule has 3 aromatic rings. The smallest absolute Gasteiger partial charge is 0.276 e. The molecule has 3 rings (SSSR count). The zero-order chi connectivity index (χ0) is 13.5. The van der Waals surface area contributed by atoms with E-state index in [0.717, 1.165) is 10.6 Å². The molecule has 19 heavy (non-hydrogen) atoms. The van der Waals surface area contributed by atoms with E-state index in [-0.39, 0.29) is 5.52 Å². The van der Waals surface area contributed by atoms with Crippen LogP contribution in [0.25, 0.3) is 5.52 Å². The lowest BCUT2D eigenvalue weighted by atomic mass is 10.4. The van der Waals surface area contributed by atoms with E-state index in [2.05, 4.69) is 15.5 Å². The molecular formula is C11H8F3N5. The maximum atomic E-state index is 12.6. The number of nitrogens with zero attached hydrogens (tertiary/aromatic N) is 4. The lowest BCUT2D eigenvalue weighted by Crippen LogP contribution is -2.08. The Morgan fingerprint density at radius 3 is 2.53 bits per heavy atom. The van der Waals surface area contributed by atoms with Crippen LogP contribution >= 0.6 is 0 Å². The summed E-state index contributed by atoms with van der Waals surface area (Å²) in [6.07, 6.45) is 1.70. The van der Waals surface area contributed by atoms with Crippen molar-refractivity contribution in [3.63, 3.8) is 0 Å². The van der Waals surface area contributed by atoms with Gasteiger partial charge in [-0.15, -0.1) is 0 Å². The minimum atomic E-state index is -4.48. The molecule has 0 spiro atoms. The van der Waals surface area contributed by atoms with Crippen LogP contribution in [-0.4, -0.2) is 19.3 Å². The van der Waals surface area contributed by atoms with Crippen LogP contribution in [0, 0.1) is 0 Å². The first-order valence-corrected chi connectivity index (χ1v) is 5.35. The average molecular weight is 267 g/mol. The number of alkyl halides is 3. The Hall–Kier alpha value is -2.51. The maximum Gasteiger partial charge on any atom is 0.435 e. The molecule has 98 valence electrons. The lowest BCUT2D eigenvalue weighted by Gasteiger charge is -2.06. The molecule has 0 aliphatic carbocycles. The summed E-state index contributed by atoms with van der Waals surface area (Å²) in [4.78, 5) is 4.02. The highest BCUT2D eigenvalue weighted by Crippen LogP contribution is 2.29. The van der Waals surface area contributed by atoms with Gasteiger partial charge in [-0.05, 0) is 12.1 Å². The fourth-order valence-corrected chi connectivity index (χ4v) is 1.68. The molecule has 0 bridgehead atoms. The molecule has 3 aromatic heterocycles. The molecule has 0 aliphatic rings. The van der Waals surface area contributed by atoms with Gasteiger partial charge in [-0.1, -0.05) is 0 Å². The second-order valence-electron chi connectivity index (χ2n) is 3.84. The molecule has 8 heteroatoms. The van der Waals surface area contributed by atoms with Crippen molar-refractivity contribution in [2.45, 2.75) is 6.18 Å². The summed E-state index contributed by atoms with van der Waals surface area (Å²) in [5.74, 6) is 0.293. The predicted octanol–water partition coefficient (Wildman–Crippen LogP) is 2.42. The molecule has 0 atom stereocenters. The second-order valence-corrected chi connectivity index (χ2v) is 3.84. The summed E-state index contributed by atoms with van der Waals surface area (Å²) in [5.41, 5.74) is 2.17. The van der Waals surface area contributed by atoms with Gasteiger partial charge >= 0.3 is 6.18 Å². The quantitative estimate of drug-likeness (QED) is 0.775. The standard InChI is InChI=1S/C11H8F3N5/c12-11(13,14)9-7-8-10(15-3-6-19(8)16-9)17-18-4-1-2-5-18/h1-7H,(H,15,17). The van der Waals surface area contributed by atoms with Crippen molar-refractivity contribution >= 4 is 11.3 Å². The maximum absolute atomic E-state index is 12.6. The van der Waals surface area contributed by atoms with Gasteiger partial charge in [0, 0.05) is 30.9 Å². The fraction of sp³-hybridized carbons (Fsp3) is 0.0909. The number of fused-ring (bicyclic) bond motifs is 1. The normalized spacial score (nSPS) is 11.9. The van der Waals surface area contributed by atoms with Crippen LogP contribution in [0.1, 0.15) is 5.69 Å². The van der Waals surface area contributed by atoms with Gasteiger partial charge in [-0.3, -0.25) is 10.1 Å². The molecule has 0 amide bonds. The van der Waals surface area contributed by atoms with Crippen LogP contribution < -0.4 is 5.43 Å². The number of rotatable bonds is 2. The van der Waals surface area contributed by atoms with Crippen molar-refractivity contribution in [3.8, 4) is 0 Å². The molecule has 3 heterocycles. The molecule has 5 nitrogen and oxygen atoms in total. The van der Waals surface area contributed by atoms with Crippen molar-refractivity contribution in [2.24, 2.45) is 0 Å². The van der Waals surface area contributed by atoms with Crippen molar-refractivity contribution < 1.29 is 13.2 Å². The minimum absolute atomic E-state index is 0.253. The van der Waals surface area contributed by atoms with E-state index in [1.165, 1.54) is 12.4 Å². The molecule has 0 saturated heterocycles. The van der Waals surface area contributed by atoms with E-state index in [9.17, 15) is 13.2 Å². The monoisotopic (exact) mass is 267 g/mol. The number of nitrogens with one attached hydrogen (secondary N) is 1. The molecule has 1 N–H and O–H groups in total. The van der Waals surface area contributed by atoms with Crippen LogP contribution in [-0.2, 0) is 6.18 Å². The zero-order valence-corrected chi connectivity index (χ0v) is 9.46. The van der Waals surface area contributed by atoms with Gasteiger partial charge in [-0.2, -0.15) is 18.3 Å². The van der Waals surface area contributed by atoms with Gasteiger partial charge in [0.25, 0.3) is 0 Å². The Kier molecular flexibility index (Phi) is 2.44. The summed E-state index contributed by atoms with van der Waals surface area (Å²) in [6.45, 7) is 0. The number of aromatic nitrogens is 4. The van der Waals surface area contributed by atoms with Crippen LogP contribution in [0.15, 0.2) is 43.0 Å². The highest BCUT2D eigenvalue weighted by molar-refractivity contribution is 5.67. The SMILES string of the molecule is FC(F)(F)c1cc2c(Nn3cccc3)nccn2n1. The van der Waals surface area contributed by atoms with E-state index >= 15 is 0 Å². The summed E-state index contributed by atoms with van der Waals surface area (Å²) < 4.78 is 40.6. The molecule has 0 saturated carbocycles. The Balaban J connectivity index is 2.07. The molecule has 0 unspecified atom stereocenters. The van der Waals surface area contributed by atoms with Gasteiger partial charge in [0.15, 0.2) is 11.5 Å². The number of hydrogen-bond donors (Lipinski definition) is 1. The summed E-state index contributed by atoms with van der Waals surface area (Å²) in [5, 5.41) is 3.48. The summed E-state index contributed by atoms with van der Waals surface area (Å²) in [6, 6.07) is 4.52. The zero-order valence-electron chi connectivity index (χ0n) is 9.46. The third kappa shape index (κ3) is 2.12. The highest BCUT2D eigenvalue weighted by atomic mass is 19.4. The average Bonchev–Trinajstić information content (AvgIpc) is 2.96. The lowest BCUT2D eigenvalue weighted by molar-refractivity contribution is -0.141. The Morgan fingerprint density at radius 2 is 1.84 bits per heavy atom. The van der Waals surface area contributed by atoms with Gasteiger partial charge in [0.1, 0.15) is 5.52 Å². The van der Waals surface area contributed by atoms with Crippen molar-refractivity contribution in [1.82, 2.24) is 19.3 Å². The summed E-state index contributed by atoms with van der Waals surface area (Å²) in [7, 11) is 0. The highest BCUT2D eigenvalue weighted by Gasteiger charge is 2.34. The third-order valence-electron chi connectivity index (χ3n) is 2.52. The first kappa shape index (κ1) is 11.6. The Labute approximate surface area is 105 Å². The van der Waals surface area contributed by atoms with Gasteiger partial charge < -0.3 is 0 Å². The number of hydrogen-bond acceptors (Lipinski definition) is 3. The largest absolute Gasteiger partial charge is 0.435 e. The van der Waals surface area contributed by atoms with E-state index in [1.807, 2.05) is 0 Å². The topological polar surface area (TPSA) is 47.2 Å². The van der Waals surface area contributed by atoms with Gasteiger partial charge in [-0.25, -0.2) is 9.50 Å². The van der Waals surface area contributed by atoms with Crippen LogP contribution in [0.2, 0.25) is 0 Å². The molecular weight excluding hydrogens is 259 g/mol. The van der Waals surface area contributed by atoms with Crippen molar-refractivity contribution in [1.29, 1.82) is 0 Å². The van der Waals surface area contributed by atoms with E-state index in [4.69, 9.17) is 0 Å². The first-order chi connectivity index (χ1) is 9.04. The Morgan fingerprint density at radius 1 is 1.11 bits per heavy atom. The second kappa shape index (κ2) is 4.01. The molecule has 0 aromatic carbocycles. The van der Waals surface area contributed by atoms with Gasteiger partial charge in [0.05, 0.1) is 0 Å². The van der Waals surface area contributed by atoms with E-state index < -0.39 is 11.9 Å².